The van der Waals surface area contributed by atoms with E-state index in [9.17, 15) is 18.0 Å². The largest absolute Gasteiger partial charge is 0.433 e. The number of halogens is 3. The summed E-state index contributed by atoms with van der Waals surface area (Å²) in [5.74, 6) is 0.239. The zero-order chi connectivity index (χ0) is 22.5. The normalized spacial score (nSPS) is 18.8. The summed E-state index contributed by atoms with van der Waals surface area (Å²) in [5.41, 5.74) is 2.08. The van der Waals surface area contributed by atoms with Crippen LogP contribution in [-0.2, 0) is 19.8 Å². The Bertz CT molecular complexity index is 1160. The van der Waals surface area contributed by atoms with Crippen molar-refractivity contribution in [1.29, 1.82) is 0 Å². The van der Waals surface area contributed by atoms with E-state index in [4.69, 9.17) is 0 Å². The molecule has 1 aliphatic heterocycles. The molecule has 4 heterocycles. The first-order chi connectivity index (χ1) is 15.3. The summed E-state index contributed by atoms with van der Waals surface area (Å²) in [6.07, 6.45) is 1.35. The van der Waals surface area contributed by atoms with Crippen LogP contribution in [0, 0.1) is 0 Å². The van der Waals surface area contributed by atoms with Gasteiger partial charge in [0.1, 0.15) is 11.4 Å². The minimum absolute atomic E-state index is 0.212. The number of carbonyl (C=O) groups is 1. The lowest BCUT2D eigenvalue weighted by molar-refractivity contribution is -0.141. The van der Waals surface area contributed by atoms with Crippen LogP contribution in [0.2, 0.25) is 0 Å². The van der Waals surface area contributed by atoms with Gasteiger partial charge in [-0.05, 0) is 56.4 Å². The number of nitrogens with one attached hydrogen (secondary N) is 1. The second-order valence-corrected chi connectivity index (χ2v) is 8.48. The molecule has 0 radical (unpaired) electrons. The number of alkyl halides is 3. The van der Waals surface area contributed by atoms with Crippen molar-refractivity contribution in [3.8, 4) is 11.3 Å². The van der Waals surface area contributed by atoms with Crippen molar-refractivity contribution in [2.45, 2.75) is 56.8 Å². The lowest BCUT2D eigenvalue weighted by Gasteiger charge is -2.17. The van der Waals surface area contributed by atoms with E-state index in [1.54, 1.807) is 22.5 Å². The zero-order valence-corrected chi connectivity index (χ0v) is 17.6. The van der Waals surface area contributed by atoms with Gasteiger partial charge in [-0.3, -0.25) is 19.1 Å². The van der Waals surface area contributed by atoms with E-state index in [-0.39, 0.29) is 11.9 Å². The number of hydrogen-bond donors (Lipinski definition) is 1. The highest BCUT2D eigenvalue weighted by molar-refractivity contribution is 5.93. The quantitative estimate of drug-likeness (QED) is 0.653. The predicted octanol–water partition coefficient (Wildman–Crippen LogP) is 4.23. The molecule has 32 heavy (non-hydrogen) atoms. The van der Waals surface area contributed by atoms with Gasteiger partial charge in [0.2, 0.25) is 0 Å². The average molecular weight is 444 g/mol. The summed E-state index contributed by atoms with van der Waals surface area (Å²) in [7, 11) is 1.76. The number of aromatic nitrogens is 5. The molecule has 1 amide bonds. The maximum absolute atomic E-state index is 13.1. The number of fused-ring (bicyclic) bond motifs is 1. The number of nitrogens with zero attached hydrogens (tertiary/aromatic N) is 5. The van der Waals surface area contributed by atoms with Crippen LogP contribution in [0.3, 0.4) is 0 Å². The molecule has 0 aromatic carbocycles. The molecular formula is C22H23F3N6O. The van der Waals surface area contributed by atoms with E-state index >= 15 is 0 Å². The third-order valence-electron chi connectivity index (χ3n) is 6.06. The predicted molar refractivity (Wildman–Crippen MR) is 110 cm³/mol. The van der Waals surface area contributed by atoms with Gasteiger partial charge < -0.3 is 5.32 Å². The SMILES string of the molecule is Cn1nc(C2CC2)cc1C(=O)N[C@H]1CCCCn2nc(-c3ccnc(C(F)(F)F)c3)cc21. The number of amides is 1. The van der Waals surface area contributed by atoms with Crippen molar-refractivity contribution in [2.75, 3.05) is 0 Å². The van der Waals surface area contributed by atoms with Gasteiger partial charge in [0.05, 0.1) is 23.1 Å². The highest BCUT2D eigenvalue weighted by Gasteiger charge is 2.33. The molecule has 2 aliphatic rings. The molecular weight excluding hydrogens is 421 g/mol. The van der Waals surface area contributed by atoms with Gasteiger partial charge in [0.15, 0.2) is 0 Å². The van der Waals surface area contributed by atoms with Gasteiger partial charge in [-0.2, -0.15) is 23.4 Å². The van der Waals surface area contributed by atoms with Crippen molar-refractivity contribution in [1.82, 2.24) is 29.9 Å². The Hall–Kier alpha value is -3.17. The lowest BCUT2D eigenvalue weighted by Crippen LogP contribution is -2.30. The van der Waals surface area contributed by atoms with Gasteiger partial charge in [0.25, 0.3) is 5.91 Å². The first-order valence-corrected chi connectivity index (χ1v) is 10.8. The van der Waals surface area contributed by atoms with Crippen molar-refractivity contribution < 1.29 is 18.0 Å². The Labute approximate surface area is 182 Å². The molecule has 0 saturated heterocycles. The maximum Gasteiger partial charge on any atom is 0.433 e. The summed E-state index contributed by atoms with van der Waals surface area (Å²) in [6.45, 7) is 0.649. The third kappa shape index (κ3) is 4.01. The van der Waals surface area contributed by atoms with E-state index in [0.717, 1.165) is 55.8 Å². The standard InChI is InChI=1S/C22H23F3N6O/c1-30-19(12-16(28-30)13-5-6-13)21(32)27-15-4-2-3-9-31-18(15)11-17(29-31)14-7-8-26-20(10-14)22(23,24)25/h7-8,10-13,15H,2-6,9H2,1H3,(H,27,32)/t15-/m0/s1. The second kappa shape index (κ2) is 7.75. The van der Waals surface area contributed by atoms with Gasteiger partial charge in [-0.1, -0.05) is 0 Å². The molecule has 0 spiro atoms. The first-order valence-electron chi connectivity index (χ1n) is 10.8. The van der Waals surface area contributed by atoms with Crippen molar-refractivity contribution in [3.63, 3.8) is 0 Å². The monoisotopic (exact) mass is 444 g/mol. The molecule has 1 aliphatic carbocycles. The molecule has 1 atom stereocenters. The van der Waals surface area contributed by atoms with Crippen LogP contribution in [0.4, 0.5) is 13.2 Å². The van der Waals surface area contributed by atoms with Crippen molar-refractivity contribution >= 4 is 5.91 Å². The maximum atomic E-state index is 13.1. The Kier molecular flexibility index (Phi) is 5.02. The number of rotatable bonds is 4. The summed E-state index contributed by atoms with van der Waals surface area (Å²) < 4.78 is 42.6. The van der Waals surface area contributed by atoms with Gasteiger partial charge in [-0.25, -0.2) is 0 Å². The minimum Gasteiger partial charge on any atom is -0.342 e. The Morgan fingerprint density at radius 3 is 2.69 bits per heavy atom. The van der Waals surface area contributed by atoms with Crippen LogP contribution in [0.25, 0.3) is 11.3 Å². The lowest BCUT2D eigenvalue weighted by atomic mass is 10.1. The molecule has 1 N–H and O–H groups in total. The molecule has 3 aromatic heterocycles. The van der Waals surface area contributed by atoms with Crippen LogP contribution >= 0.6 is 0 Å². The molecule has 1 fully saturated rings. The summed E-state index contributed by atoms with van der Waals surface area (Å²) in [4.78, 5) is 16.4. The van der Waals surface area contributed by atoms with Crippen LogP contribution < -0.4 is 5.32 Å². The van der Waals surface area contributed by atoms with Crippen molar-refractivity contribution in [3.05, 3.63) is 53.2 Å². The van der Waals surface area contributed by atoms with E-state index in [0.29, 0.717) is 29.4 Å². The van der Waals surface area contributed by atoms with Gasteiger partial charge in [0, 0.05) is 31.3 Å². The molecule has 1 saturated carbocycles. The molecule has 0 unspecified atom stereocenters. The number of pyridine rings is 1. The second-order valence-electron chi connectivity index (χ2n) is 8.48. The van der Waals surface area contributed by atoms with E-state index < -0.39 is 11.9 Å². The molecule has 5 rings (SSSR count). The Morgan fingerprint density at radius 2 is 1.94 bits per heavy atom. The highest BCUT2D eigenvalue weighted by Crippen LogP contribution is 2.39. The van der Waals surface area contributed by atoms with Gasteiger partial charge >= 0.3 is 6.18 Å². The molecule has 0 bridgehead atoms. The molecule has 10 heteroatoms. The van der Waals surface area contributed by atoms with Crippen LogP contribution in [0.15, 0.2) is 30.5 Å². The third-order valence-corrected chi connectivity index (χ3v) is 6.06. The van der Waals surface area contributed by atoms with Crippen molar-refractivity contribution in [2.24, 2.45) is 7.05 Å². The van der Waals surface area contributed by atoms with Crippen LogP contribution in [-0.4, -0.2) is 30.5 Å². The number of carbonyl (C=O) groups excluding carboxylic acids is 1. The number of aryl methyl sites for hydroxylation is 2. The molecule has 168 valence electrons. The van der Waals surface area contributed by atoms with Crippen LogP contribution in [0.5, 0.6) is 0 Å². The topological polar surface area (TPSA) is 77.6 Å². The first kappa shape index (κ1) is 20.7. The smallest absolute Gasteiger partial charge is 0.342 e. The average Bonchev–Trinajstić information content (AvgIpc) is 3.45. The van der Waals surface area contributed by atoms with E-state index in [1.165, 1.54) is 6.07 Å². The summed E-state index contributed by atoms with van der Waals surface area (Å²) >= 11 is 0. The van der Waals surface area contributed by atoms with Gasteiger partial charge in [-0.15, -0.1) is 0 Å². The summed E-state index contributed by atoms with van der Waals surface area (Å²) in [6, 6.07) is 5.85. The zero-order valence-electron chi connectivity index (χ0n) is 17.6. The Morgan fingerprint density at radius 1 is 1.12 bits per heavy atom. The summed E-state index contributed by atoms with van der Waals surface area (Å²) in [5, 5.41) is 12.1. The van der Waals surface area contributed by atoms with Crippen LogP contribution in [0.1, 0.15) is 71.6 Å². The molecule has 3 aromatic rings. The van der Waals surface area contributed by atoms with E-state index in [2.05, 4.69) is 20.5 Å². The van der Waals surface area contributed by atoms with E-state index in [1.807, 2.05) is 6.07 Å². The fourth-order valence-electron chi connectivity index (χ4n) is 4.19. The molecule has 7 nitrogen and oxygen atoms in total. The fourth-order valence-corrected chi connectivity index (χ4v) is 4.19. The highest BCUT2D eigenvalue weighted by atomic mass is 19.4. The fraction of sp³-hybridized carbons (Fsp3) is 0.455. The minimum atomic E-state index is -4.52. The Balaban J connectivity index is 1.42. The number of hydrogen-bond acceptors (Lipinski definition) is 4.